The molecule has 0 aliphatic rings. The van der Waals surface area contributed by atoms with Crippen molar-refractivity contribution in [1.29, 1.82) is 0 Å². The van der Waals surface area contributed by atoms with Crippen LogP contribution in [-0.2, 0) is 19.9 Å². The summed E-state index contributed by atoms with van der Waals surface area (Å²) < 4.78 is 79.9. The quantitative estimate of drug-likeness (QED) is 0.598. The molecule has 0 saturated heterocycles. The minimum Gasteiger partial charge on any atom is -0.222 e. The molecule has 1 N–H and O–H groups in total. The van der Waals surface area contributed by atoms with Gasteiger partial charge >= 0.3 is 0 Å². The Kier molecular flexibility index (Phi) is 5.77. The molecule has 2 heterocycles. The molecule has 3 aromatic rings. The Labute approximate surface area is 163 Å². The van der Waals surface area contributed by atoms with Gasteiger partial charge in [0.15, 0.2) is 9.84 Å². The normalized spacial score (nSPS) is 13.6. The molecule has 3 rings (SSSR count). The van der Waals surface area contributed by atoms with Crippen LogP contribution < -0.4 is 4.72 Å². The van der Waals surface area contributed by atoms with Crippen LogP contribution in [0.4, 0.5) is 8.78 Å². The molecule has 27 heavy (non-hydrogen) atoms. The molecule has 0 bridgehead atoms. The third-order valence-corrected chi connectivity index (χ3v) is 9.74. The van der Waals surface area contributed by atoms with Crippen LogP contribution in [0.3, 0.4) is 0 Å². The fourth-order valence-corrected chi connectivity index (χ4v) is 7.58. The van der Waals surface area contributed by atoms with E-state index in [1.54, 1.807) is 29.0 Å². The van der Waals surface area contributed by atoms with Crippen LogP contribution in [0.15, 0.2) is 62.3 Å². The van der Waals surface area contributed by atoms with E-state index in [1.165, 1.54) is 6.07 Å². The highest BCUT2D eigenvalue weighted by Crippen LogP contribution is 2.33. The molecule has 11 heteroatoms. The molecule has 0 saturated carbocycles. The third kappa shape index (κ3) is 4.27. The zero-order valence-electron chi connectivity index (χ0n) is 13.5. The molecule has 1 atom stereocenters. The van der Waals surface area contributed by atoms with Crippen LogP contribution in [0.1, 0.15) is 10.1 Å². The molecule has 0 radical (unpaired) electrons. The van der Waals surface area contributed by atoms with Gasteiger partial charge in [0.05, 0.1) is 0 Å². The van der Waals surface area contributed by atoms with Gasteiger partial charge in [-0.05, 0) is 41.1 Å². The largest absolute Gasteiger partial charge is 0.243 e. The molecule has 1 aromatic carbocycles. The predicted octanol–water partition coefficient (Wildman–Crippen LogP) is 3.58. The van der Waals surface area contributed by atoms with E-state index in [4.69, 9.17) is 0 Å². The summed E-state index contributed by atoms with van der Waals surface area (Å²) in [6, 6.07) is 8.28. The van der Waals surface area contributed by atoms with Gasteiger partial charge in [-0.3, -0.25) is 0 Å². The average molecular weight is 450 g/mol. The van der Waals surface area contributed by atoms with E-state index in [-0.39, 0.29) is 4.21 Å². The zero-order chi connectivity index (χ0) is 19.7. The molecule has 2 aromatic heterocycles. The molecule has 0 aliphatic heterocycles. The summed E-state index contributed by atoms with van der Waals surface area (Å²) in [7, 11) is -8.32. The topological polar surface area (TPSA) is 80.3 Å². The van der Waals surface area contributed by atoms with Crippen molar-refractivity contribution in [3.05, 3.63) is 69.7 Å². The van der Waals surface area contributed by atoms with Crippen LogP contribution in [0.2, 0.25) is 0 Å². The Bertz CT molecular complexity index is 1130. The van der Waals surface area contributed by atoms with Gasteiger partial charge in [0.25, 0.3) is 0 Å². The predicted molar refractivity (Wildman–Crippen MR) is 100 cm³/mol. The standard InChI is InChI=1S/C16H13F2NO4S4/c17-11-5-6-12(18)14(9-11)27(22,23)19-10-15(13-3-1-7-24-13)26(20,21)16-4-2-8-25-16/h1-9,15,19H,10H2/t15-/m0/s1. The lowest BCUT2D eigenvalue weighted by molar-refractivity contribution is 0.544. The number of benzene rings is 1. The van der Waals surface area contributed by atoms with E-state index in [0.29, 0.717) is 17.0 Å². The highest BCUT2D eigenvalue weighted by Gasteiger charge is 2.32. The van der Waals surface area contributed by atoms with Crippen LogP contribution in [0.25, 0.3) is 0 Å². The van der Waals surface area contributed by atoms with Gasteiger partial charge in [-0.2, -0.15) is 0 Å². The Morgan fingerprint density at radius 1 is 0.963 bits per heavy atom. The van der Waals surface area contributed by atoms with Crippen molar-refractivity contribution in [2.45, 2.75) is 14.4 Å². The number of halogens is 2. The molecule has 0 unspecified atom stereocenters. The zero-order valence-corrected chi connectivity index (χ0v) is 16.8. The average Bonchev–Trinajstić information content (AvgIpc) is 3.30. The molecule has 0 spiro atoms. The van der Waals surface area contributed by atoms with E-state index in [9.17, 15) is 25.6 Å². The maximum absolute atomic E-state index is 13.8. The molecular formula is C16H13F2NO4S4. The number of sulfonamides is 1. The smallest absolute Gasteiger partial charge is 0.222 e. The third-order valence-electron chi connectivity index (χ3n) is 3.65. The first-order valence-corrected chi connectivity index (χ1v) is 12.3. The maximum atomic E-state index is 13.8. The van der Waals surface area contributed by atoms with Crippen LogP contribution in [0.5, 0.6) is 0 Å². The molecule has 144 valence electrons. The second kappa shape index (κ2) is 7.76. The number of hydrogen-bond acceptors (Lipinski definition) is 6. The minimum absolute atomic E-state index is 0.0945. The Hall–Kier alpha value is -1.66. The summed E-state index contributed by atoms with van der Waals surface area (Å²) >= 11 is 2.18. The van der Waals surface area contributed by atoms with Crippen molar-refractivity contribution in [3.8, 4) is 0 Å². The van der Waals surface area contributed by atoms with Crippen molar-refractivity contribution >= 4 is 42.5 Å². The highest BCUT2D eigenvalue weighted by atomic mass is 32.2. The minimum atomic E-state index is -4.45. The second-order valence-electron chi connectivity index (χ2n) is 5.41. The van der Waals surface area contributed by atoms with Crippen LogP contribution >= 0.6 is 22.7 Å². The summed E-state index contributed by atoms with van der Waals surface area (Å²) in [5.41, 5.74) is 0. The van der Waals surface area contributed by atoms with E-state index < -0.39 is 48.2 Å². The van der Waals surface area contributed by atoms with E-state index in [0.717, 1.165) is 28.7 Å². The number of thiophene rings is 2. The first-order valence-electron chi connectivity index (χ1n) is 7.47. The first kappa shape index (κ1) is 20.1. The van der Waals surface area contributed by atoms with Crippen molar-refractivity contribution in [2.24, 2.45) is 0 Å². The van der Waals surface area contributed by atoms with Gasteiger partial charge in [0, 0.05) is 11.4 Å². The lowest BCUT2D eigenvalue weighted by Gasteiger charge is -2.16. The maximum Gasteiger partial charge on any atom is 0.243 e. The van der Waals surface area contributed by atoms with Gasteiger partial charge in [-0.25, -0.2) is 30.3 Å². The van der Waals surface area contributed by atoms with Crippen molar-refractivity contribution in [2.75, 3.05) is 6.54 Å². The number of hydrogen-bond donors (Lipinski definition) is 1. The Morgan fingerprint density at radius 2 is 1.67 bits per heavy atom. The molecule has 0 fully saturated rings. The SMILES string of the molecule is O=S(=O)(NC[C@@H](c1cccs1)S(=O)(=O)c1cccs1)c1cc(F)ccc1F. The van der Waals surface area contributed by atoms with Gasteiger partial charge in [-0.1, -0.05) is 12.1 Å². The fourth-order valence-electron chi connectivity index (χ4n) is 2.35. The van der Waals surface area contributed by atoms with E-state index >= 15 is 0 Å². The Morgan fingerprint density at radius 3 is 2.30 bits per heavy atom. The van der Waals surface area contributed by atoms with E-state index in [1.807, 2.05) is 0 Å². The van der Waals surface area contributed by atoms with Crippen molar-refractivity contribution in [1.82, 2.24) is 4.72 Å². The van der Waals surface area contributed by atoms with Crippen molar-refractivity contribution < 1.29 is 25.6 Å². The number of rotatable bonds is 7. The van der Waals surface area contributed by atoms with E-state index in [2.05, 4.69) is 4.72 Å². The first-order chi connectivity index (χ1) is 12.7. The van der Waals surface area contributed by atoms with Gasteiger partial charge in [-0.15, -0.1) is 22.7 Å². The monoisotopic (exact) mass is 449 g/mol. The number of nitrogens with one attached hydrogen (secondary N) is 1. The highest BCUT2D eigenvalue weighted by molar-refractivity contribution is 7.94. The lowest BCUT2D eigenvalue weighted by atomic mass is 10.3. The molecule has 0 amide bonds. The van der Waals surface area contributed by atoms with Gasteiger partial charge in [0.2, 0.25) is 10.0 Å². The van der Waals surface area contributed by atoms with Gasteiger partial charge in [0.1, 0.15) is 26.0 Å². The fraction of sp³-hybridized carbons (Fsp3) is 0.125. The molecular weight excluding hydrogens is 436 g/mol. The second-order valence-corrected chi connectivity index (χ2v) is 11.4. The van der Waals surface area contributed by atoms with Gasteiger partial charge < -0.3 is 0 Å². The molecule has 5 nitrogen and oxygen atoms in total. The Balaban J connectivity index is 1.93. The number of sulfone groups is 1. The lowest BCUT2D eigenvalue weighted by Crippen LogP contribution is -2.32. The summed E-state index contributed by atoms with van der Waals surface area (Å²) in [4.78, 5) is -0.438. The summed E-state index contributed by atoms with van der Waals surface area (Å²) in [6.07, 6.45) is 0. The van der Waals surface area contributed by atoms with Crippen LogP contribution in [-0.4, -0.2) is 23.4 Å². The van der Waals surface area contributed by atoms with Crippen LogP contribution in [0, 0.1) is 11.6 Å². The summed E-state index contributed by atoms with van der Waals surface area (Å²) in [5.74, 6) is -2.05. The molecule has 0 aliphatic carbocycles. The summed E-state index contributed by atoms with van der Waals surface area (Å²) in [6.45, 7) is -0.515. The summed E-state index contributed by atoms with van der Waals surface area (Å²) in [5, 5.41) is 2.08. The van der Waals surface area contributed by atoms with Crippen molar-refractivity contribution in [3.63, 3.8) is 0 Å².